The Balaban J connectivity index is 2.13. The fourth-order valence-electron chi connectivity index (χ4n) is 2.36. The normalized spacial score (nSPS) is 11.3. The molecule has 0 amide bonds. The highest BCUT2D eigenvalue weighted by Crippen LogP contribution is 2.29. The number of rotatable bonds is 1. The predicted octanol–water partition coefficient (Wildman–Crippen LogP) is 2.88. The van der Waals surface area contributed by atoms with Crippen LogP contribution in [0.25, 0.3) is 27.7 Å². The van der Waals surface area contributed by atoms with Crippen LogP contribution in [0.4, 0.5) is 0 Å². The van der Waals surface area contributed by atoms with E-state index in [0.29, 0.717) is 0 Å². The largest absolute Gasteiger partial charge is 0.307 e. The molecule has 4 nitrogen and oxygen atoms in total. The summed E-state index contributed by atoms with van der Waals surface area (Å²) in [6.07, 6.45) is 7.63. The fourth-order valence-corrected chi connectivity index (χ4v) is 2.36. The molecule has 18 heavy (non-hydrogen) atoms. The van der Waals surface area contributed by atoms with E-state index in [0.717, 1.165) is 27.7 Å². The fraction of sp³-hybridized carbons (Fsp3) is 0. The maximum Gasteiger partial charge on any atom is 0.144 e. The van der Waals surface area contributed by atoms with Crippen molar-refractivity contribution >= 4 is 16.6 Å². The Hall–Kier alpha value is -2.62. The van der Waals surface area contributed by atoms with Crippen LogP contribution in [0.3, 0.4) is 0 Å². The highest BCUT2D eigenvalue weighted by Gasteiger charge is 2.09. The summed E-state index contributed by atoms with van der Waals surface area (Å²) in [7, 11) is 0. The number of aromatic amines is 1. The second-order valence-corrected chi connectivity index (χ2v) is 4.22. The van der Waals surface area contributed by atoms with Crippen LogP contribution in [-0.4, -0.2) is 19.6 Å². The minimum atomic E-state index is 0.964. The van der Waals surface area contributed by atoms with Crippen molar-refractivity contribution < 1.29 is 0 Å². The average molecular weight is 234 g/mol. The summed E-state index contributed by atoms with van der Waals surface area (Å²) in [6.45, 7) is 0. The number of imidazole rings is 1. The topological polar surface area (TPSA) is 46.0 Å². The first-order valence-electron chi connectivity index (χ1n) is 5.77. The van der Waals surface area contributed by atoms with Gasteiger partial charge in [-0.05, 0) is 23.8 Å². The molecule has 0 saturated carbocycles. The zero-order valence-electron chi connectivity index (χ0n) is 9.54. The first-order chi connectivity index (χ1) is 8.93. The molecule has 4 rings (SSSR count). The lowest BCUT2D eigenvalue weighted by molar-refractivity contribution is 1.12. The van der Waals surface area contributed by atoms with Crippen LogP contribution >= 0.6 is 0 Å². The molecule has 4 aromatic rings. The zero-order valence-corrected chi connectivity index (χ0v) is 9.54. The van der Waals surface area contributed by atoms with E-state index in [2.05, 4.69) is 27.3 Å². The Labute approximate surface area is 103 Å². The van der Waals surface area contributed by atoms with Crippen LogP contribution in [0.5, 0.6) is 0 Å². The summed E-state index contributed by atoms with van der Waals surface area (Å²) in [6, 6.07) is 10.3. The molecule has 4 heteroatoms. The first-order valence-corrected chi connectivity index (χ1v) is 5.77. The number of hydrogen-bond acceptors (Lipinski definition) is 2. The van der Waals surface area contributed by atoms with E-state index >= 15 is 0 Å². The van der Waals surface area contributed by atoms with Crippen molar-refractivity contribution in [2.24, 2.45) is 0 Å². The molecule has 3 aromatic heterocycles. The van der Waals surface area contributed by atoms with Gasteiger partial charge in [-0.3, -0.25) is 5.10 Å². The number of pyridine rings is 1. The molecule has 86 valence electrons. The van der Waals surface area contributed by atoms with Gasteiger partial charge in [0, 0.05) is 29.5 Å². The molecule has 0 unspecified atom stereocenters. The maximum atomic E-state index is 4.42. The van der Waals surface area contributed by atoms with Crippen molar-refractivity contribution in [3.05, 3.63) is 55.1 Å². The molecule has 3 heterocycles. The van der Waals surface area contributed by atoms with Crippen molar-refractivity contribution in [1.82, 2.24) is 19.6 Å². The van der Waals surface area contributed by atoms with E-state index in [1.54, 1.807) is 0 Å². The van der Waals surface area contributed by atoms with Crippen molar-refractivity contribution in [1.29, 1.82) is 0 Å². The minimum Gasteiger partial charge on any atom is -0.307 e. The lowest BCUT2D eigenvalue weighted by atomic mass is 10.0. The second kappa shape index (κ2) is 3.43. The van der Waals surface area contributed by atoms with Gasteiger partial charge >= 0.3 is 0 Å². The molecule has 0 aliphatic heterocycles. The third kappa shape index (κ3) is 1.20. The standard InChI is InChI=1S/C14H10N4/c1-3-10(12-9-16-17-13(12)5-1)11-4-2-7-18-8-6-15-14(11)18/h1-9H,(H,16,17). The summed E-state index contributed by atoms with van der Waals surface area (Å²) < 4.78 is 2.02. The highest BCUT2D eigenvalue weighted by atomic mass is 15.1. The summed E-state index contributed by atoms with van der Waals surface area (Å²) >= 11 is 0. The van der Waals surface area contributed by atoms with Gasteiger partial charge in [-0.1, -0.05) is 12.1 Å². The van der Waals surface area contributed by atoms with Gasteiger partial charge in [-0.25, -0.2) is 4.98 Å². The Morgan fingerprint density at radius 2 is 1.94 bits per heavy atom. The summed E-state index contributed by atoms with van der Waals surface area (Å²) in [5.41, 5.74) is 4.28. The number of hydrogen-bond donors (Lipinski definition) is 1. The van der Waals surface area contributed by atoms with E-state index < -0.39 is 0 Å². The van der Waals surface area contributed by atoms with E-state index in [1.165, 1.54) is 0 Å². The van der Waals surface area contributed by atoms with Gasteiger partial charge in [-0.2, -0.15) is 5.10 Å². The Kier molecular flexibility index (Phi) is 1.80. The molecule has 0 aliphatic carbocycles. The summed E-state index contributed by atoms with van der Waals surface area (Å²) in [4.78, 5) is 4.42. The molecule has 1 aromatic carbocycles. The highest BCUT2D eigenvalue weighted by molar-refractivity contribution is 5.97. The van der Waals surface area contributed by atoms with Crippen molar-refractivity contribution in [2.75, 3.05) is 0 Å². The van der Waals surface area contributed by atoms with Gasteiger partial charge in [0.05, 0.1) is 11.7 Å². The van der Waals surface area contributed by atoms with E-state index in [9.17, 15) is 0 Å². The van der Waals surface area contributed by atoms with Crippen LogP contribution in [-0.2, 0) is 0 Å². The van der Waals surface area contributed by atoms with Gasteiger partial charge in [0.25, 0.3) is 0 Å². The maximum absolute atomic E-state index is 4.42. The number of nitrogens with zero attached hydrogens (tertiary/aromatic N) is 3. The monoisotopic (exact) mass is 234 g/mol. The van der Waals surface area contributed by atoms with Crippen molar-refractivity contribution in [2.45, 2.75) is 0 Å². The van der Waals surface area contributed by atoms with Gasteiger partial charge in [0.1, 0.15) is 5.65 Å². The Morgan fingerprint density at radius 3 is 2.94 bits per heavy atom. The molecule has 0 spiro atoms. The number of fused-ring (bicyclic) bond motifs is 2. The molecule has 0 bridgehead atoms. The van der Waals surface area contributed by atoms with Crippen LogP contribution in [0.15, 0.2) is 55.1 Å². The Morgan fingerprint density at radius 1 is 1.00 bits per heavy atom. The van der Waals surface area contributed by atoms with Crippen molar-refractivity contribution in [3.8, 4) is 11.1 Å². The zero-order chi connectivity index (χ0) is 11.9. The van der Waals surface area contributed by atoms with Crippen LogP contribution in [0.2, 0.25) is 0 Å². The lowest BCUT2D eigenvalue weighted by Crippen LogP contribution is -1.87. The Bertz CT molecular complexity index is 769. The van der Waals surface area contributed by atoms with Gasteiger partial charge in [-0.15, -0.1) is 0 Å². The second-order valence-electron chi connectivity index (χ2n) is 4.22. The van der Waals surface area contributed by atoms with Gasteiger partial charge < -0.3 is 4.40 Å². The number of H-pyrrole nitrogens is 1. The number of benzene rings is 1. The van der Waals surface area contributed by atoms with Crippen LogP contribution in [0, 0.1) is 0 Å². The van der Waals surface area contributed by atoms with Crippen molar-refractivity contribution in [3.63, 3.8) is 0 Å². The lowest BCUT2D eigenvalue weighted by Gasteiger charge is -2.05. The van der Waals surface area contributed by atoms with Crippen LogP contribution < -0.4 is 0 Å². The average Bonchev–Trinajstić information content (AvgIpc) is 3.06. The molecular formula is C14H10N4. The smallest absolute Gasteiger partial charge is 0.144 e. The third-order valence-electron chi connectivity index (χ3n) is 3.19. The number of aromatic nitrogens is 4. The third-order valence-corrected chi connectivity index (χ3v) is 3.19. The molecule has 0 atom stereocenters. The molecule has 0 fully saturated rings. The molecule has 0 aliphatic rings. The summed E-state index contributed by atoms with van der Waals surface area (Å²) in [5, 5.41) is 8.22. The SMILES string of the molecule is c1cc(-c2cccn3ccnc23)c2cn[nH]c2c1. The van der Waals surface area contributed by atoms with Gasteiger partial charge in [0.15, 0.2) is 0 Å². The molecule has 1 N–H and O–H groups in total. The molecule has 0 saturated heterocycles. The van der Waals surface area contributed by atoms with E-state index in [-0.39, 0.29) is 0 Å². The minimum absolute atomic E-state index is 0.964. The molecular weight excluding hydrogens is 224 g/mol. The summed E-state index contributed by atoms with van der Waals surface area (Å²) in [5.74, 6) is 0. The molecule has 0 radical (unpaired) electrons. The number of nitrogens with one attached hydrogen (secondary N) is 1. The van der Waals surface area contributed by atoms with E-state index in [1.807, 2.05) is 47.4 Å². The van der Waals surface area contributed by atoms with Crippen LogP contribution in [0.1, 0.15) is 0 Å². The predicted molar refractivity (Wildman–Crippen MR) is 70.3 cm³/mol. The van der Waals surface area contributed by atoms with E-state index in [4.69, 9.17) is 0 Å². The quantitative estimate of drug-likeness (QED) is 0.550. The van der Waals surface area contributed by atoms with Gasteiger partial charge in [0.2, 0.25) is 0 Å². The first kappa shape index (κ1) is 9.41.